The lowest BCUT2D eigenvalue weighted by atomic mass is 9.93. The van der Waals surface area contributed by atoms with E-state index in [4.69, 9.17) is 0 Å². The third-order valence-corrected chi connectivity index (χ3v) is 7.10. The van der Waals surface area contributed by atoms with Gasteiger partial charge in [-0.25, -0.2) is 4.98 Å². The summed E-state index contributed by atoms with van der Waals surface area (Å²) in [5, 5.41) is 9.08. The summed E-state index contributed by atoms with van der Waals surface area (Å²) in [7, 11) is 0. The molecule has 3 nitrogen and oxygen atoms in total. The molecule has 1 N–H and O–H groups in total. The van der Waals surface area contributed by atoms with E-state index in [0.29, 0.717) is 5.41 Å². The predicted molar refractivity (Wildman–Crippen MR) is 93.4 cm³/mol. The van der Waals surface area contributed by atoms with Crippen LogP contribution in [-0.2, 0) is 13.1 Å². The first-order chi connectivity index (χ1) is 10.8. The van der Waals surface area contributed by atoms with Gasteiger partial charge in [0.05, 0.1) is 6.54 Å². The Labute approximate surface area is 140 Å². The van der Waals surface area contributed by atoms with Gasteiger partial charge in [-0.15, -0.1) is 22.7 Å². The van der Waals surface area contributed by atoms with Crippen LogP contribution in [0.25, 0.3) is 0 Å². The van der Waals surface area contributed by atoms with Crippen LogP contribution in [0.5, 0.6) is 0 Å². The van der Waals surface area contributed by atoms with Gasteiger partial charge >= 0.3 is 0 Å². The first-order valence-corrected chi connectivity index (χ1v) is 9.89. The zero-order chi connectivity index (χ0) is 15.0. The van der Waals surface area contributed by atoms with Crippen molar-refractivity contribution in [3.8, 4) is 0 Å². The van der Waals surface area contributed by atoms with Crippen LogP contribution in [0.3, 0.4) is 0 Å². The minimum atomic E-state index is 0.591. The van der Waals surface area contributed by atoms with E-state index >= 15 is 0 Å². The molecule has 3 heterocycles. The number of aromatic nitrogens is 1. The van der Waals surface area contributed by atoms with Crippen LogP contribution in [0.15, 0.2) is 23.0 Å². The molecular formula is C17H23N3S2. The number of aryl methyl sites for hydroxylation is 1. The molecule has 0 aromatic carbocycles. The normalized spacial score (nSPS) is 23.3. The van der Waals surface area contributed by atoms with E-state index in [2.05, 4.69) is 39.0 Å². The van der Waals surface area contributed by atoms with Crippen molar-refractivity contribution < 1.29 is 0 Å². The van der Waals surface area contributed by atoms with E-state index in [-0.39, 0.29) is 0 Å². The summed E-state index contributed by atoms with van der Waals surface area (Å²) < 4.78 is 0. The van der Waals surface area contributed by atoms with E-state index in [1.54, 1.807) is 11.3 Å². The molecule has 1 spiro atoms. The molecule has 1 saturated heterocycles. The van der Waals surface area contributed by atoms with Crippen molar-refractivity contribution in [3.63, 3.8) is 0 Å². The molecule has 2 fully saturated rings. The minimum absolute atomic E-state index is 0.591. The molecule has 2 aromatic heterocycles. The molecular weight excluding hydrogens is 310 g/mol. The topological polar surface area (TPSA) is 28.2 Å². The summed E-state index contributed by atoms with van der Waals surface area (Å²) in [6.07, 6.45) is 6.00. The fourth-order valence-electron chi connectivity index (χ4n) is 3.84. The summed E-state index contributed by atoms with van der Waals surface area (Å²) >= 11 is 3.69. The number of rotatable bonds is 5. The molecule has 2 aliphatic rings. The molecule has 2 aromatic rings. The van der Waals surface area contributed by atoms with Gasteiger partial charge in [-0.1, -0.05) is 0 Å². The summed E-state index contributed by atoms with van der Waals surface area (Å²) in [5.74, 6) is 0. The van der Waals surface area contributed by atoms with E-state index < -0.39 is 0 Å². The molecule has 0 bridgehead atoms. The van der Waals surface area contributed by atoms with Gasteiger partial charge in [-0.3, -0.25) is 4.90 Å². The van der Waals surface area contributed by atoms with E-state index in [1.807, 2.05) is 17.5 Å². The fraction of sp³-hybridized carbons (Fsp3) is 0.588. The lowest BCUT2D eigenvalue weighted by Crippen LogP contribution is -2.35. The van der Waals surface area contributed by atoms with Crippen LogP contribution in [0, 0.1) is 12.3 Å². The van der Waals surface area contributed by atoms with E-state index in [9.17, 15) is 0 Å². The average molecular weight is 334 g/mol. The molecule has 0 amide bonds. The molecule has 22 heavy (non-hydrogen) atoms. The molecule has 0 radical (unpaired) electrons. The average Bonchev–Trinajstić information content (AvgIpc) is 2.90. The minimum Gasteiger partial charge on any atom is -0.317 e. The van der Waals surface area contributed by atoms with Gasteiger partial charge in [-0.2, -0.15) is 0 Å². The number of thiazole rings is 1. The number of hydrogen-bond donors (Lipinski definition) is 1. The van der Waals surface area contributed by atoms with Crippen LogP contribution in [-0.4, -0.2) is 29.0 Å². The van der Waals surface area contributed by atoms with Gasteiger partial charge in [0.2, 0.25) is 0 Å². The van der Waals surface area contributed by atoms with Gasteiger partial charge in [0.1, 0.15) is 5.01 Å². The molecule has 1 saturated carbocycles. The molecule has 1 aliphatic carbocycles. The number of piperidine rings is 1. The smallest absolute Gasteiger partial charge is 0.107 e. The zero-order valence-electron chi connectivity index (χ0n) is 13.0. The van der Waals surface area contributed by atoms with Crippen molar-refractivity contribution in [1.82, 2.24) is 15.2 Å². The summed E-state index contributed by atoms with van der Waals surface area (Å²) in [5.41, 5.74) is 2.03. The highest BCUT2D eigenvalue weighted by Gasteiger charge is 2.56. The quantitative estimate of drug-likeness (QED) is 0.905. The Kier molecular flexibility index (Phi) is 4.07. The summed E-state index contributed by atoms with van der Waals surface area (Å²) in [6.45, 7) is 6.72. The first-order valence-electron chi connectivity index (χ1n) is 8.13. The Morgan fingerprint density at radius 2 is 2.14 bits per heavy atom. The van der Waals surface area contributed by atoms with Crippen LogP contribution in [0.2, 0.25) is 0 Å². The van der Waals surface area contributed by atoms with Gasteiger partial charge in [0.25, 0.3) is 0 Å². The Bertz CT molecular complexity index is 614. The number of nitrogens with one attached hydrogen (secondary N) is 1. The van der Waals surface area contributed by atoms with Gasteiger partial charge in [-0.05, 0) is 61.7 Å². The van der Waals surface area contributed by atoms with Crippen molar-refractivity contribution in [2.75, 3.05) is 13.1 Å². The number of nitrogens with zero attached hydrogens (tertiary/aromatic N) is 2. The summed E-state index contributed by atoms with van der Waals surface area (Å²) in [6, 6.07) is 2.99. The second-order valence-corrected chi connectivity index (χ2v) is 8.67. The third-order valence-electron chi connectivity index (χ3n) is 5.32. The van der Waals surface area contributed by atoms with Crippen LogP contribution < -0.4 is 5.32 Å². The van der Waals surface area contributed by atoms with E-state index in [0.717, 1.165) is 19.1 Å². The Morgan fingerprint density at radius 3 is 2.82 bits per heavy atom. The van der Waals surface area contributed by atoms with Gasteiger partial charge in [0.15, 0.2) is 0 Å². The largest absolute Gasteiger partial charge is 0.317 e. The highest BCUT2D eigenvalue weighted by Crippen LogP contribution is 2.56. The standard InChI is InChI=1S/C17H23N3S2/c1-13-2-8-21-14(13)11-20(12-16-19-7-9-22-16)15-10-17(15)3-5-18-6-4-17/h2,7-9,15,18H,3-6,10-12H2,1H3/t15-/m0/s1. The van der Waals surface area contributed by atoms with Crippen molar-refractivity contribution >= 4 is 22.7 Å². The van der Waals surface area contributed by atoms with Crippen LogP contribution in [0.4, 0.5) is 0 Å². The molecule has 4 rings (SSSR count). The highest BCUT2D eigenvalue weighted by atomic mass is 32.1. The van der Waals surface area contributed by atoms with Crippen molar-refractivity contribution in [1.29, 1.82) is 0 Å². The third kappa shape index (κ3) is 2.87. The second kappa shape index (κ2) is 6.04. The highest BCUT2D eigenvalue weighted by molar-refractivity contribution is 7.10. The molecule has 1 aliphatic heterocycles. The molecule has 118 valence electrons. The SMILES string of the molecule is Cc1ccsc1CN(Cc1nccs1)[C@H]1CC12CCNCC2. The Morgan fingerprint density at radius 1 is 1.27 bits per heavy atom. The predicted octanol–water partition coefficient (Wildman–Crippen LogP) is 3.66. The first kappa shape index (κ1) is 14.8. The van der Waals surface area contributed by atoms with Crippen molar-refractivity contribution in [2.24, 2.45) is 5.41 Å². The second-order valence-electron chi connectivity index (χ2n) is 6.69. The summed E-state index contributed by atoms with van der Waals surface area (Å²) in [4.78, 5) is 8.74. The molecule has 5 heteroatoms. The van der Waals surface area contributed by atoms with Crippen molar-refractivity contribution in [2.45, 2.75) is 45.3 Å². The maximum absolute atomic E-state index is 4.52. The maximum atomic E-state index is 4.52. The monoisotopic (exact) mass is 333 g/mol. The lowest BCUT2D eigenvalue weighted by Gasteiger charge is -2.29. The van der Waals surface area contributed by atoms with Gasteiger partial charge < -0.3 is 5.32 Å². The fourth-order valence-corrected chi connectivity index (χ4v) is 5.41. The Balaban J connectivity index is 1.52. The van der Waals surface area contributed by atoms with Crippen molar-refractivity contribution in [3.05, 3.63) is 38.5 Å². The number of thiophene rings is 1. The van der Waals surface area contributed by atoms with Crippen LogP contribution >= 0.6 is 22.7 Å². The zero-order valence-corrected chi connectivity index (χ0v) is 14.7. The van der Waals surface area contributed by atoms with E-state index in [1.165, 1.54) is 47.8 Å². The molecule has 1 atom stereocenters. The van der Waals surface area contributed by atoms with Gasteiger partial charge in [0, 0.05) is 29.0 Å². The maximum Gasteiger partial charge on any atom is 0.107 e. The Hall–Kier alpha value is -0.750. The lowest BCUT2D eigenvalue weighted by molar-refractivity contribution is 0.189. The molecule has 0 unspecified atom stereocenters. The van der Waals surface area contributed by atoms with Crippen LogP contribution in [0.1, 0.15) is 34.7 Å². The number of hydrogen-bond acceptors (Lipinski definition) is 5.